The summed E-state index contributed by atoms with van der Waals surface area (Å²) in [5, 5.41) is 6.63. The molecule has 6 rings (SSSR count). The van der Waals surface area contributed by atoms with Crippen LogP contribution in [0.1, 0.15) is 76.9 Å². The number of carbonyl (C=O) groups is 1. The van der Waals surface area contributed by atoms with E-state index in [0.29, 0.717) is 12.6 Å². The van der Waals surface area contributed by atoms with Crippen LogP contribution in [0.15, 0.2) is 71.7 Å². The normalized spacial score (nSPS) is 16.0. The van der Waals surface area contributed by atoms with E-state index in [2.05, 4.69) is 47.8 Å². The van der Waals surface area contributed by atoms with Crippen LogP contribution in [0.3, 0.4) is 0 Å². The Morgan fingerprint density at radius 2 is 1.71 bits per heavy atom. The quantitative estimate of drug-likeness (QED) is 0.249. The first-order valence-electron chi connectivity index (χ1n) is 13.9. The molecule has 1 saturated carbocycles. The predicted octanol–water partition coefficient (Wildman–Crippen LogP) is 8.17. The number of hydrogen-bond donors (Lipinski definition) is 1. The molecule has 0 atom stereocenters. The monoisotopic (exact) mass is 522 g/mol. The summed E-state index contributed by atoms with van der Waals surface area (Å²) in [7, 11) is 0. The van der Waals surface area contributed by atoms with Gasteiger partial charge < -0.3 is 10.1 Å². The molecule has 0 radical (unpaired) electrons. The van der Waals surface area contributed by atoms with E-state index in [1.54, 1.807) is 11.3 Å². The van der Waals surface area contributed by atoms with Crippen molar-refractivity contribution in [2.75, 3.05) is 0 Å². The molecule has 5 heteroatoms. The largest absolute Gasteiger partial charge is 0.489 e. The van der Waals surface area contributed by atoms with Gasteiger partial charge in [-0.3, -0.25) is 4.79 Å². The van der Waals surface area contributed by atoms with Crippen LogP contribution in [-0.2, 0) is 19.4 Å². The summed E-state index contributed by atoms with van der Waals surface area (Å²) in [5.74, 6) is 0.898. The molecule has 2 aliphatic carbocycles. The molecule has 1 aromatic heterocycles. The van der Waals surface area contributed by atoms with Gasteiger partial charge in [0.2, 0.25) is 0 Å². The zero-order chi connectivity index (χ0) is 25.7. The summed E-state index contributed by atoms with van der Waals surface area (Å²) in [5.41, 5.74) is 4.22. The summed E-state index contributed by atoms with van der Waals surface area (Å²) in [6.45, 7) is 0.523. The Morgan fingerprint density at radius 1 is 0.921 bits per heavy atom. The Hall–Kier alpha value is -3.44. The van der Waals surface area contributed by atoms with Gasteiger partial charge in [-0.25, -0.2) is 4.99 Å². The van der Waals surface area contributed by atoms with Gasteiger partial charge in [-0.2, -0.15) is 0 Å². The fourth-order valence-corrected chi connectivity index (χ4v) is 6.97. The van der Waals surface area contributed by atoms with Crippen molar-refractivity contribution in [2.24, 2.45) is 4.99 Å². The van der Waals surface area contributed by atoms with Gasteiger partial charge >= 0.3 is 0 Å². The van der Waals surface area contributed by atoms with Gasteiger partial charge in [0.05, 0.1) is 5.56 Å². The number of nitrogens with one attached hydrogen (secondary N) is 1. The number of hydrogen-bond acceptors (Lipinski definition) is 4. The fourth-order valence-electron chi connectivity index (χ4n) is 5.74. The van der Waals surface area contributed by atoms with Crippen LogP contribution >= 0.6 is 11.3 Å². The molecule has 1 fully saturated rings. The molecule has 194 valence electrons. The predicted molar refractivity (Wildman–Crippen MR) is 157 cm³/mol. The molecule has 0 spiro atoms. The minimum atomic E-state index is 0.0700. The maximum absolute atomic E-state index is 13.4. The lowest BCUT2D eigenvalue weighted by atomic mass is 9.93. The van der Waals surface area contributed by atoms with Crippen molar-refractivity contribution in [3.8, 4) is 5.75 Å². The lowest BCUT2D eigenvalue weighted by molar-refractivity contribution is 0.0927. The second kappa shape index (κ2) is 11.5. The highest BCUT2D eigenvalue weighted by atomic mass is 32.1. The van der Waals surface area contributed by atoms with Crippen LogP contribution in [-0.4, -0.2) is 18.2 Å². The first-order chi connectivity index (χ1) is 18.7. The first-order valence-corrected chi connectivity index (χ1v) is 14.8. The molecule has 38 heavy (non-hydrogen) atoms. The number of ether oxygens (including phenoxy) is 1. The second-order valence-electron chi connectivity index (χ2n) is 10.5. The summed E-state index contributed by atoms with van der Waals surface area (Å²) < 4.78 is 6.10. The lowest BCUT2D eigenvalue weighted by Crippen LogP contribution is -2.36. The van der Waals surface area contributed by atoms with E-state index in [1.165, 1.54) is 52.5 Å². The molecule has 0 saturated heterocycles. The molecular formula is C33H34N2O2S. The number of aryl methyl sites for hydroxylation is 1. The van der Waals surface area contributed by atoms with Gasteiger partial charge in [-0.05, 0) is 90.3 Å². The van der Waals surface area contributed by atoms with E-state index in [0.717, 1.165) is 54.0 Å². The third kappa shape index (κ3) is 5.53. The standard InChI is InChI=1S/C33H34N2O2S/c36-32(35-26-12-2-1-3-13-26)31-29-15-6-7-16-30(29)38-33(31)34-21-23-17-19-27(20-18-23)37-22-25-11-8-10-24-9-4-5-14-28(24)25/h4-5,8-11,14,17-21,26H,1-3,6-7,12-13,15-16,22H2,(H,35,36)/b34-21-. The van der Waals surface area contributed by atoms with E-state index in [9.17, 15) is 4.79 Å². The third-order valence-electron chi connectivity index (χ3n) is 7.81. The maximum atomic E-state index is 13.4. The van der Waals surface area contributed by atoms with E-state index in [4.69, 9.17) is 9.73 Å². The van der Waals surface area contributed by atoms with Crippen molar-refractivity contribution in [2.45, 2.75) is 70.4 Å². The minimum absolute atomic E-state index is 0.0700. The average Bonchev–Trinajstić information content (AvgIpc) is 3.34. The number of thiophene rings is 1. The summed E-state index contributed by atoms with van der Waals surface area (Å²) in [4.78, 5) is 19.6. The van der Waals surface area contributed by atoms with Crippen molar-refractivity contribution >= 4 is 39.2 Å². The summed E-state index contributed by atoms with van der Waals surface area (Å²) in [6, 6.07) is 23.0. The summed E-state index contributed by atoms with van der Waals surface area (Å²) >= 11 is 1.70. The average molecular weight is 523 g/mol. The maximum Gasteiger partial charge on any atom is 0.254 e. The zero-order valence-corrected chi connectivity index (χ0v) is 22.6. The van der Waals surface area contributed by atoms with Crippen molar-refractivity contribution < 1.29 is 9.53 Å². The Labute approximate surface area is 228 Å². The van der Waals surface area contributed by atoms with Crippen LogP contribution in [0.25, 0.3) is 10.8 Å². The molecule has 2 aliphatic rings. The second-order valence-corrected chi connectivity index (χ2v) is 11.5. The van der Waals surface area contributed by atoms with Crippen molar-refractivity contribution in [1.29, 1.82) is 0 Å². The molecule has 4 aromatic rings. The highest BCUT2D eigenvalue weighted by molar-refractivity contribution is 7.16. The molecule has 0 unspecified atom stereocenters. The van der Waals surface area contributed by atoms with E-state index in [-0.39, 0.29) is 5.91 Å². The fraction of sp³-hybridized carbons (Fsp3) is 0.333. The van der Waals surface area contributed by atoms with Crippen LogP contribution in [0.5, 0.6) is 5.75 Å². The molecule has 0 aliphatic heterocycles. The smallest absolute Gasteiger partial charge is 0.254 e. The zero-order valence-electron chi connectivity index (χ0n) is 21.7. The molecule has 1 amide bonds. The lowest BCUT2D eigenvalue weighted by Gasteiger charge is -2.23. The van der Waals surface area contributed by atoms with Crippen LogP contribution < -0.4 is 10.1 Å². The van der Waals surface area contributed by atoms with E-state index >= 15 is 0 Å². The summed E-state index contributed by atoms with van der Waals surface area (Å²) in [6.07, 6.45) is 12.1. The highest BCUT2D eigenvalue weighted by Gasteiger charge is 2.27. The first kappa shape index (κ1) is 24.9. The van der Waals surface area contributed by atoms with Crippen LogP contribution in [0.2, 0.25) is 0 Å². The van der Waals surface area contributed by atoms with Gasteiger partial charge in [-0.15, -0.1) is 11.3 Å². The molecular weight excluding hydrogens is 488 g/mol. The van der Waals surface area contributed by atoms with E-state index in [1.807, 2.05) is 30.5 Å². The van der Waals surface area contributed by atoms with Crippen LogP contribution in [0, 0.1) is 0 Å². The van der Waals surface area contributed by atoms with Crippen LogP contribution in [0.4, 0.5) is 5.00 Å². The van der Waals surface area contributed by atoms with Crippen molar-refractivity contribution in [1.82, 2.24) is 5.32 Å². The number of carbonyl (C=O) groups excluding carboxylic acids is 1. The number of aliphatic imine (C=N–C) groups is 1. The van der Waals surface area contributed by atoms with Crippen molar-refractivity contribution in [3.05, 3.63) is 93.9 Å². The molecule has 0 bridgehead atoms. The Kier molecular flexibility index (Phi) is 7.54. The van der Waals surface area contributed by atoms with Gasteiger partial charge in [-0.1, -0.05) is 61.7 Å². The number of nitrogens with zero attached hydrogens (tertiary/aromatic N) is 1. The van der Waals surface area contributed by atoms with Gasteiger partial charge in [0, 0.05) is 17.1 Å². The van der Waals surface area contributed by atoms with Crippen molar-refractivity contribution in [3.63, 3.8) is 0 Å². The molecule has 3 aromatic carbocycles. The number of fused-ring (bicyclic) bond motifs is 2. The third-order valence-corrected chi connectivity index (χ3v) is 9.01. The Balaban J connectivity index is 1.16. The SMILES string of the molecule is O=C(NC1CCCCC1)c1c(/N=C\c2ccc(OCc3cccc4ccccc34)cc2)sc2c1CCCC2. The van der Waals surface area contributed by atoms with Gasteiger partial charge in [0.15, 0.2) is 0 Å². The number of rotatable bonds is 7. The molecule has 1 N–H and O–H groups in total. The van der Waals surface area contributed by atoms with Gasteiger partial charge in [0.25, 0.3) is 5.91 Å². The highest BCUT2D eigenvalue weighted by Crippen LogP contribution is 2.40. The number of benzene rings is 3. The Morgan fingerprint density at radius 3 is 2.58 bits per heavy atom. The topological polar surface area (TPSA) is 50.7 Å². The molecule has 4 nitrogen and oxygen atoms in total. The van der Waals surface area contributed by atoms with E-state index < -0.39 is 0 Å². The van der Waals surface area contributed by atoms with Gasteiger partial charge in [0.1, 0.15) is 17.4 Å². The Bertz CT molecular complexity index is 1440. The number of amides is 1. The molecule has 1 heterocycles. The minimum Gasteiger partial charge on any atom is -0.489 e.